The first-order chi connectivity index (χ1) is 11.4. The highest BCUT2D eigenvalue weighted by Gasteiger charge is 2.18. The van der Waals surface area contributed by atoms with E-state index in [-0.39, 0.29) is 16.9 Å². The van der Waals surface area contributed by atoms with Gasteiger partial charge in [0.25, 0.3) is 5.91 Å². The first-order valence-electron chi connectivity index (χ1n) is 7.81. The van der Waals surface area contributed by atoms with Crippen LogP contribution in [0, 0.1) is 20.8 Å². The van der Waals surface area contributed by atoms with Crippen LogP contribution in [0.4, 0.5) is 0 Å². The van der Waals surface area contributed by atoms with Crippen molar-refractivity contribution in [3.05, 3.63) is 67.8 Å². The van der Waals surface area contributed by atoms with Crippen LogP contribution in [0.25, 0.3) is 10.2 Å². The molecule has 0 atom stereocenters. The Balaban J connectivity index is 1.92. The third-order valence-electron chi connectivity index (χ3n) is 4.30. The fourth-order valence-corrected chi connectivity index (χ4v) is 3.81. The number of aromatic nitrogens is 1. The molecule has 0 radical (unpaired) electrons. The molecule has 4 nitrogen and oxygen atoms in total. The van der Waals surface area contributed by atoms with Crippen LogP contribution in [-0.2, 0) is 13.6 Å². The van der Waals surface area contributed by atoms with Crippen LogP contribution >= 0.6 is 11.3 Å². The van der Waals surface area contributed by atoms with E-state index in [1.165, 1.54) is 5.56 Å². The molecule has 0 saturated heterocycles. The maximum Gasteiger partial charge on any atom is 0.257 e. The van der Waals surface area contributed by atoms with Crippen LogP contribution in [0.2, 0.25) is 0 Å². The van der Waals surface area contributed by atoms with Crippen molar-refractivity contribution in [3.63, 3.8) is 0 Å². The van der Waals surface area contributed by atoms with E-state index in [2.05, 4.69) is 5.32 Å². The van der Waals surface area contributed by atoms with Crippen LogP contribution in [0.5, 0.6) is 0 Å². The van der Waals surface area contributed by atoms with Gasteiger partial charge in [0.05, 0.1) is 5.39 Å². The number of amides is 1. The number of carbonyl (C=O) groups is 1. The lowest BCUT2D eigenvalue weighted by molar-refractivity contribution is 0.0949. The first kappa shape index (κ1) is 16.5. The minimum absolute atomic E-state index is 0.189. The summed E-state index contributed by atoms with van der Waals surface area (Å²) in [6.07, 6.45) is 1.63. The van der Waals surface area contributed by atoms with Gasteiger partial charge in [-0.05, 0) is 31.9 Å². The van der Waals surface area contributed by atoms with E-state index in [0.29, 0.717) is 11.9 Å². The van der Waals surface area contributed by atoms with Crippen LogP contribution < -0.4 is 10.7 Å². The van der Waals surface area contributed by atoms with Gasteiger partial charge in [0.1, 0.15) is 10.4 Å². The summed E-state index contributed by atoms with van der Waals surface area (Å²) in [5, 5.41) is 3.50. The molecule has 0 spiro atoms. The monoisotopic (exact) mass is 340 g/mol. The number of nitrogens with one attached hydrogen (secondary N) is 1. The second-order valence-corrected chi connectivity index (χ2v) is 7.32. The Hall–Kier alpha value is -2.40. The molecule has 0 saturated carbocycles. The van der Waals surface area contributed by atoms with Crippen molar-refractivity contribution in [2.75, 3.05) is 0 Å². The zero-order chi connectivity index (χ0) is 17.4. The smallest absolute Gasteiger partial charge is 0.257 e. The number of hydrogen-bond acceptors (Lipinski definition) is 3. The predicted octanol–water partition coefficient (Wildman–Crippen LogP) is 3.46. The zero-order valence-electron chi connectivity index (χ0n) is 14.3. The highest BCUT2D eigenvalue weighted by molar-refractivity contribution is 7.18. The molecule has 2 aromatic heterocycles. The van der Waals surface area contributed by atoms with E-state index in [1.807, 2.05) is 56.7 Å². The van der Waals surface area contributed by atoms with E-state index in [1.54, 1.807) is 17.5 Å². The molecule has 1 amide bonds. The SMILES string of the molecule is Cc1ccc(CNC(=O)c2cn(C)c3sc(C)c(C)c3c2=O)cc1. The van der Waals surface area contributed by atoms with Gasteiger partial charge in [-0.2, -0.15) is 0 Å². The fourth-order valence-electron chi connectivity index (χ4n) is 2.72. The van der Waals surface area contributed by atoms with Gasteiger partial charge in [0.2, 0.25) is 5.43 Å². The van der Waals surface area contributed by atoms with Crippen LogP contribution in [0.1, 0.15) is 31.9 Å². The van der Waals surface area contributed by atoms with Crippen LogP contribution in [0.3, 0.4) is 0 Å². The summed E-state index contributed by atoms with van der Waals surface area (Å²) in [5.74, 6) is -0.332. The van der Waals surface area contributed by atoms with Crippen molar-refractivity contribution in [2.45, 2.75) is 27.3 Å². The maximum absolute atomic E-state index is 12.7. The number of aryl methyl sites for hydroxylation is 4. The highest BCUT2D eigenvalue weighted by atomic mass is 32.1. The van der Waals surface area contributed by atoms with E-state index in [9.17, 15) is 9.59 Å². The minimum atomic E-state index is -0.332. The molecule has 3 rings (SSSR count). The number of hydrogen-bond donors (Lipinski definition) is 1. The molecule has 0 aliphatic rings. The molecule has 0 fully saturated rings. The summed E-state index contributed by atoms with van der Waals surface area (Å²) in [4.78, 5) is 27.3. The van der Waals surface area contributed by atoms with Crippen molar-refractivity contribution in [1.82, 2.24) is 9.88 Å². The number of thiophene rings is 1. The molecule has 0 bridgehead atoms. The second kappa shape index (κ2) is 6.24. The Kier molecular flexibility index (Phi) is 4.28. The molecule has 24 heavy (non-hydrogen) atoms. The molecule has 1 N–H and O–H groups in total. The lowest BCUT2D eigenvalue weighted by Crippen LogP contribution is -2.29. The normalized spacial score (nSPS) is 11.0. The third kappa shape index (κ3) is 2.87. The zero-order valence-corrected chi connectivity index (χ0v) is 15.1. The lowest BCUT2D eigenvalue weighted by atomic mass is 10.1. The van der Waals surface area contributed by atoms with Gasteiger partial charge in [-0.25, -0.2) is 0 Å². The van der Waals surface area contributed by atoms with Crippen molar-refractivity contribution >= 4 is 27.5 Å². The second-order valence-electron chi connectivity index (χ2n) is 6.11. The van der Waals surface area contributed by atoms with Crippen molar-refractivity contribution < 1.29 is 4.79 Å². The Morgan fingerprint density at radius 3 is 2.50 bits per heavy atom. The van der Waals surface area contributed by atoms with E-state index in [0.717, 1.165) is 20.8 Å². The summed E-state index contributed by atoms with van der Waals surface area (Å²) in [6.45, 7) is 6.36. The summed E-state index contributed by atoms with van der Waals surface area (Å²) in [6, 6.07) is 7.96. The molecule has 5 heteroatoms. The summed E-state index contributed by atoms with van der Waals surface area (Å²) < 4.78 is 1.86. The first-order valence-corrected chi connectivity index (χ1v) is 8.63. The molecular weight excluding hydrogens is 320 g/mol. The summed E-state index contributed by atoms with van der Waals surface area (Å²) >= 11 is 1.58. The average molecular weight is 340 g/mol. The Bertz CT molecular complexity index is 981. The van der Waals surface area contributed by atoms with Crippen molar-refractivity contribution in [1.29, 1.82) is 0 Å². The van der Waals surface area contributed by atoms with Crippen molar-refractivity contribution in [2.24, 2.45) is 7.05 Å². The Morgan fingerprint density at radius 2 is 1.83 bits per heavy atom. The number of nitrogens with zero attached hydrogens (tertiary/aromatic N) is 1. The molecule has 3 aromatic rings. The molecule has 124 valence electrons. The van der Waals surface area contributed by atoms with Gasteiger partial charge in [0.15, 0.2) is 0 Å². The quantitative estimate of drug-likeness (QED) is 0.794. The number of benzene rings is 1. The number of carbonyl (C=O) groups excluding carboxylic acids is 1. The molecule has 2 heterocycles. The number of pyridine rings is 1. The van der Waals surface area contributed by atoms with Crippen LogP contribution in [0.15, 0.2) is 35.3 Å². The molecule has 1 aromatic carbocycles. The highest BCUT2D eigenvalue weighted by Crippen LogP contribution is 2.27. The molecule has 0 unspecified atom stereocenters. The van der Waals surface area contributed by atoms with Gasteiger partial charge >= 0.3 is 0 Å². The molecule has 0 aliphatic heterocycles. The Labute approximate surface area is 144 Å². The van der Waals surface area contributed by atoms with E-state index < -0.39 is 0 Å². The number of fused-ring (bicyclic) bond motifs is 1. The maximum atomic E-state index is 12.7. The van der Waals surface area contributed by atoms with Gasteiger partial charge in [-0.3, -0.25) is 9.59 Å². The summed E-state index contributed by atoms with van der Waals surface area (Å²) in [7, 11) is 1.87. The topological polar surface area (TPSA) is 51.1 Å². The summed E-state index contributed by atoms with van der Waals surface area (Å²) in [5.41, 5.74) is 3.15. The van der Waals surface area contributed by atoms with Gasteiger partial charge in [0, 0.05) is 24.7 Å². The molecular formula is C19H20N2O2S. The average Bonchev–Trinajstić information content (AvgIpc) is 2.86. The van der Waals surface area contributed by atoms with E-state index >= 15 is 0 Å². The predicted molar refractivity (Wildman–Crippen MR) is 98.9 cm³/mol. The Morgan fingerprint density at radius 1 is 1.17 bits per heavy atom. The minimum Gasteiger partial charge on any atom is -0.348 e. The van der Waals surface area contributed by atoms with Gasteiger partial charge in [-0.1, -0.05) is 29.8 Å². The largest absolute Gasteiger partial charge is 0.348 e. The lowest BCUT2D eigenvalue weighted by Gasteiger charge is -2.08. The van der Waals surface area contributed by atoms with Gasteiger partial charge in [-0.15, -0.1) is 11.3 Å². The molecule has 0 aliphatic carbocycles. The van der Waals surface area contributed by atoms with E-state index in [4.69, 9.17) is 0 Å². The van der Waals surface area contributed by atoms with Crippen LogP contribution in [-0.4, -0.2) is 10.5 Å². The number of rotatable bonds is 3. The third-order valence-corrected chi connectivity index (χ3v) is 5.60. The van der Waals surface area contributed by atoms with Gasteiger partial charge < -0.3 is 9.88 Å². The standard InChI is InChI=1S/C19H20N2O2S/c1-11-5-7-14(8-6-11)9-20-18(23)15-10-21(4)19-16(17(15)22)12(2)13(3)24-19/h5-8,10H,9H2,1-4H3,(H,20,23). The fraction of sp³-hybridized carbons (Fsp3) is 0.263. The van der Waals surface area contributed by atoms with Crippen molar-refractivity contribution in [3.8, 4) is 0 Å².